The summed E-state index contributed by atoms with van der Waals surface area (Å²) in [5.41, 5.74) is 1.04. The van der Waals surface area contributed by atoms with Gasteiger partial charge in [0.15, 0.2) is 0 Å². The lowest BCUT2D eigenvalue weighted by molar-refractivity contribution is 0.121. The molecular formula is C16H22N4O3S. The van der Waals surface area contributed by atoms with Gasteiger partial charge < -0.3 is 4.74 Å². The molecule has 0 radical (unpaired) electrons. The van der Waals surface area contributed by atoms with E-state index >= 15 is 0 Å². The Balaban J connectivity index is 1.66. The maximum absolute atomic E-state index is 12.4. The fourth-order valence-electron chi connectivity index (χ4n) is 2.64. The van der Waals surface area contributed by atoms with Gasteiger partial charge in [-0.15, -0.1) is 10.2 Å². The first-order chi connectivity index (χ1) is 11.5. The van der Waals surface area contributed by atoms with Crippen molar-refractivity contribution in [3.8, 4) is 0 Å². The zero-order valence-electron chi connectivity index (χ0n) is 13.8. The van der Waals surface area contributed by atoms with E-state index in [0.29, 0.717) is 12.3 Å². The molecule has 0 aliphatic heterocycles. The Morgan fingerprint density at radius 3 is 2.62 bits per heavy atom. The summed E-state index contributed by atoms with van der Waals surface area (Å²) in [6.45, 7) is 0. The van der Waals surface area contributed by atoms with Crippen molar-refractivity contribution < 1.29 is 13.2 Å². The highest BCUT2D eigenvalue weighted by Gasteiger charge is 2.30. The molecule has 2 aromatic rings. The van der Waals surface area contributed by atoms with Gasteiger partial charge in [0.05, 0.1) is 11.9 Å². The van der Waals surface area contributed by atoms with Crippen LogP contribution in [0.5, 0.6) is 0 Å². The van der Waals surface area contributed by atoms with Gasteiger partial charge in [0, 0.05) is 20.1 Å². The molecular weight excluding hydrogens is 328 g/mol. The number of nitrogens with zero attached hydrogens (tertiary/aromatic N) is 3. The standard InChI is InChI=1S/C16H22N4O3S/c1-20-15(13-8-9-13)17-18-16(20)19-24(21,22)11-14(23-2)10-12-6-4-3-5-7-12/h3-7,13-14H,8-11H2,1-2H3,(H,18,19). The summed E-state index contributed by atoms with van der Waals surface area (Å²) in [6, 6.07) is 9.68. The summed E-state index contributed by atoms with van der Waals surface area (Å²) in [7, 11) is -0.273. The van der Waals surface area contributed by atoms with Crippen LogP contribution in [-0.4, -0.2) is 42.1 Å². The van der Waals surface area contributed by atoms with Crippen molar-refractivity contribution in [1.82, 2.24) is 14.8 Å². The first-order valence-corrected chi connectivity index (χ1v) is 9.60. The fourth-order valence-corrected chi connectivity index (χ4v) is 3.92. The number of nitrogens with one attached hydrogen (secondary N) is 1. The van der Waals surface area contributed by atoms with E-state index in [1.165, 1.54) is 7.11 Å². The van der Waals surface area contributed by atoms with Crippen molar-refractivity contribution in [2.24, 2.45) is 7.05 Å². The van der Waals surface area contributed by atoms with Crippen molar-refractivity contribution in [2.45, 2.75) is 31.3 Å². The number of rotatable bonds is 8. The van der Waals surface area contributed by atoms with Crippen LogP contribution in [0, 0.1) is 0 Å². The Morgan fingerprint density at radius 1 is 1.29 bits per heavy atom. The Bertz CT molecular complexity index is 785. The number of benzene rings is 1. The summed E-state index contributed by atoms with van der Waals surface area (Å²) >= 11 is 0. The van der Waals surface area contributed by atoms with Crippen molar-refractivity contribution in [2.75, 3.05) is 17.6 Å². The van der Waals surface area contributed by atoms with Gasteiger partial charge in [0.1, 0.15) is 5.82 Å². The van der Waals surface area contributed by atoms with Crippen molar-refractivity contribution in [3.05, 3.63) is 41.7 Å². The second kappa shape index (κ2) is 6.90. The third kappa shape index (κ3) is 4.12. The van der Waals surface area contributed by atoms with Crippen LogP contribution in [-0.2, 0) is 28.2 Å². The molecule has 130 valence electrons. The highest BCUT2D eigenvalue weighted by atomic mass is 32.2. The van der Waals surface area contributed by atoms with Gasteiger partial charge in [-0.1, -0.05) is 30.3 Å². The van der Waals surface area contributed by atoms with E-state index in [1.54, 1.807) is 11.6 Å². The maximum atomic E-state index is 12.4. The van der Waals surface area contributed by atoms with Crippen LogP contribution in [0.25, 0.3) is 0 Å². The molecule has 0 spiro atoms. The first-order valence-electron chi connectivity index (χ1n) is 7.95. The molecule has 1 N–H and O–H groups in total. The Labute approximate surface area is 142 Å². The smallest absolute Gasteiger partial charge is 0.238 e. The molecule has 1 saturated carbocycles. The van der Waals surface area contributed by atoms with Crippen LogP contribution in [0.15, 0.2) is 30.3 Å². The van der Waals surface area contributed by atoms with Gasteiger partial charge in [-0.25, -0.2) is 8.42 Å². The average Bonchev–Trinajstić information content (AvgIpc) is 3.33. The van der Waals surface area contributed by atoms with E-state index in [4.69, 9.17) is 4.74 Å². The molecule has 1 aromatic carbocycles. The number of anilines is 1. The Morgan fingerprint density at radius 2 is 2.00 bits per heavy atom. The molecule has 0 bridgehead atoms. The SMILES string of the molecule is COC(Cc1ccccc1)CS(=O)(=O)Nc1nnc(C2CC2)n1C. The molecule has 1 unspecified atom stereocenters. The van der Waals surface area contributed by atoms with Crippen LogP contribution in [0.4, 0.5) is 5.95 Å². The summed E-state index contributed by atoms with van der Waals surface area (Å²) in [5, 5.41) is 8.04. The van der Waals surface area contributed by atoms with Gasteiger partial charge in [-0.3, -0.25) is 9.29 Å². The van der Waals surface area contributed by atoms with Gasteiger partial charge >= 0.3 is 0 Å². The second-order valence-electron chi connectivity index (χ2n) is 6.15. The predicted molar refractivity (Wildman–Crippen MR) is 91.3 cm³/mol. The monoisotopic (exact) mass is 350 g/mol. The van der Waals surface area contributed by atoms with Crippen molar-refractivity contribution in [3.63, 3.8) is 0 Å². The number of sulfonamides is 1. The molecule has 24 heavy (non-hydrogen) atoms. The fraction of sp³-hybridized carbons (Fsp3) is 0.500. The van der Waals surface area contributed by atoms with Gasteiger partial charge in [-0.2, -0.15) is 0 Å². The van der Waals surface area contributed by atoms with Crippen LogP contribution in [0.1, 0.15) is 30.1 Å². The molecule has 1 aliphatic rings. The minimum atomic E-state index is -3.58. The number of methoxy groups -OCH3 is 1. The number of ether oxygens (including phenoxy) is 1. The molecule has 0 amide bonds. The number of aromatic nitrogens is 3. The van der Waals surface area contributed by atoms with Crippen LogP contribution in [0.2, 0.25) is 0 Å². The average molecular weight is 350 g/mol. The largest absolute Gasteiger partial charge is 0.380 e. The highest BCUT2D eigenvalue weighted by molar-refractivity contribution is 7.92. The third-order valence-electron chi connectivity index (χ3n) is 4.14. The van der Waals surface area contributed by atoms with Gasteiger partial charge in [0.2, 0.25) is 16.0 Å². The predicted octanol–water partition coefficient (Wildman–Crippen LogP) is 1.69. The first kappa shape index (κ1) is 16.9. The summed E-state index contributed by atoms with van der Waals surface area (Å²) in [6.07, 6.45) is 2.27. The quantitative estimate of drug-likeness (QED) is 0.783. The normalized spacial score (nSPS) is 16.1. The lowest BCUT2D eigenvalue weighted by atomic mass is 10.1. The topological polar surface area (TPSA) is 86.1 Å². The van der Waals surface area contributed by atoms with Crippen LogP contribution < -0.4 is 4.72 Å². The van der Waals surface area contributed by atoms with E-state index in [9.17, 15) is 8.42 Å². The zero-order valence-corrected chi connectivity index (χ0v) is 14.7. The van der Waals surface area contributed by atoms with Crippen LogP contribution in [0.3, 0.4) is 0 Å². The Kier molecular flexibility index (Phi) is 4.86. The molecule has 8 heteroatoms. The molecule has 1 aliphatic carbocycles. The van der Waals surface area contributed by atoms with E-state index in [0.717, 1.165) is 24.2 Å². The summed E-state index contributed by atoms with van der Waals surface area (Å²) < 4.78 is 34.5. The lowest BCUT2D eigenvalue weighted by Gasteiger charge is -2.16. The lowest BCUT2D eigenvalue weighted by Crippen LogP contribution is -2.30. The van der Waals surface area contributed by atoms with Gasteiger partial charge in [0.25, 0.3) is 0 Å². The summed E-state index contributed by atoms with van der Waals surface area (Å²) in [5.74, 6) is 1.36. The highest BCUT2D eigenvalue weighted by Crippen LogP contribution is 2.39. The molecule has 1 fully saturated rings. The maximum Gasteiger partial charge on any atom is 0.238 e. The molecule has 7 nitrogen and oxygen atoms in total. The van der Waals surface area contributed by atoms with E-state index in [-0.39, 0.29) is 11.7 Å². The van der Waals surface area contributed by atoms with Crippen LogP contribution >= 0.6 is 0 Å². The minimum absolute atomic E-state index is 0.135. The van der Waals surface area contributed by atoms with Crippen molar-refractivity contribution >= 4 is 16.0 Å². The molecule has 1 atom stereocenters. The minimum Gasteiger partial charge on any atom is -0.380 e. The molecule has 3 rings (SSSR count). The molecule has 0 saturated heterocycles. The molecule has 1 aromatic heterocycles. The third-order valence-corrected chi connectivity index (χ3v) is 5.45. The number of hydrogen-bond acceptors (Lipinski definition) is 5. The molecule has 1 heterocycles. The second-order valence-corrected chi connectivity index (χ2v) is 7.91. The summed E-state index contributed by atoms with van der Waals surface area (Å²) in [4.78, 5) is 0. The zero-order chi connectivity index (χ0) is 17.2. The Hall–Kier alpha value is -1.93. The number of hydrogen-bond donors (Lipinski definition) is 1. The van der Waals surface area contributed by atoms with Crippen molar-refractivity contribution in [1.29, 1.82) is 0 Å². The van der Waals surface area contributed by atoms with Gasteiger partial charge in [-0.05, 0) is 24.8 Å². The van der Waals surface area contributed by atoms with E-state index < -0.39 is 16.1 Å². The van der Waals surface area contributed by atoms with E-state index in [2.05, 4.69) is 14.9 Å². The van der Waals surface area contributed by atoms with E-state index in [1.807, 2.05) is 30.3 Å².